The van der Waals surface area contributed by atoms with Gasteiger partial charge in [-0.3, -0.25) is 18.6 Å². The summed E-state index contributed by atoms with van der Waals surface area (Å²) in [6.07, 6.45) is 55.6. The zero-order valence-corrected chi connectivity index (χ0v) is 45.8. The van der Waals surface area contributed by atoms with Crippen molar-refractivity contribution in [3.05, 3.63) is 36.5 Å². The van der Waals surface area contributed by atoms with Gasteiger partial charge in [0.25, 0.3) is 0 Å². The van der Waals surface area contributed by atoms with Gasteiger partial charge in [0, 0.05) is 12.8 Å². The molecular weight excluding hydrogens is 856 g/mol. The molecule has 0 fully saturated rings. The second-order valence-corrected chi connectivity index (χ2v) is 21.9. The Morgan fingerprint density at radius 2 is 0.866 bits per heavy atom. The number of carbonyl (C=O) groups is 2. The lowest BCUT2D eigenvalue weighted by Crippen LogP contribution is -2.47. The fourth-order valence-corrected chi connectivity index (χ4v) is 8.84. The Balaban J connectivity index is 5.34. The number of allylic oxidation sites excluding steroid dienone is 5. The van der Waals surface area contributed by atoms with Crippen LogP contribution in [0.15, 0.2) is 36.5 Å². The van der Waals surface area contributed by atoms with E-state index in [0.29, 0.717) is 17.4 Å². The summed E-state index contributed by atoms with van der Waals surface area (Å²) in [5.41, 5.74) is 0. The molecule has 0 rings (SSSR count). The van der Waals surface area contributed by atoms with Crippen LogP contribution >= 0.6 is 7.82 Å². The van der Waals surface area contributed by atoms with Gasteiger partial charge in [0.15, 0.2) is 0 Å². The lowest BCUT2D eigenvalue weighted by atomic mass is 10.1. The number of rotatable bonds is 51. The van der Waals surface area contributed by atoms with Gasteiger partial charge in [-0.25, -0.2) is 4.57 Å². The van der Waals surface area contributed by atoms with Gasteiger partial charge in [-0.15, -0.1) is 0 Å². The van der Waals surface area contributed by atoms with Crippen LogP contribution < -0.4 is 5.32 Å². The van der Waals surface area contributed by atoms with Crippen molar-refractivity contribution in [1.82, 2.24) is 5.32 Å². The summed E-state index contributed by atoms with van der Waals surface area (Å²) >= 11 is 0. The third-order valence-corrected chi connectivity index (χ3v) is 13.5. The minimum atomic E-state index is -4.44. The number of likely N-dealkylation sites (N-methyl/N-ethyl adjacent to an activating group) is 1. The molecule has 9 nitrogen and oxygen atoms in total. The Kier molecular flexibility index (Phi) is 46.6. The number of unbranched alkanes of at least 4 members (excludes halogenated alkanes) is 31. The van der Waals surface area contributed by atoms with Gasteiger partial charge in [-0.2, -0.15) is 0 Å². The average Bonchev–Trinajstić information content (AvgIpc) is 3.28. The first-order chi connectivity index (χ1) is 32.4. The van der Waals surface area contributed by atoms with Crippen molar-refractivity contribution in [3.63, 3.8) is 0 Å². The highest BCUT2D eigenvalue weighted by Gasteiger charge is 2.30. The van der Waals surface area contributed by atoms with Crippen LogP contribution in [0.2, 0.25) is 0 Å². The third-order valence-electron chi connectivity index (χ3n) is 12.6. The topological polar surface area (TPSA) is 111 Å². The van der Waals surface area contributed by atoms with Crippen LogP contribution in [0.1, 0.15) is 265 Å². The van der Waals surface area contributed by atoms with E-state index < -0.39 is 20.0 Å². The van der Waals surface area contributed by atoms with Gasteiger partial charge in [-0.1, -0.05) is 205 Å². The highest BCUT2D eigenvalue weighted by atomic mass is 31.2. The van der Waals surface area contributed by atoms with Crippen LogP contribution in [0.5, 0.6) is 0 Å². The second kappa shape index (κ2) is 47.9. The number of nitrogens with zero attached hydrogens (tertiary/aromatic N) is 1. The van der Waals surface area contributed by atoms with E-state index in [4.69, 9.17) is 13.8 Å². The molecule has 0 saturated heterocycles. The molecule has 0 bridgehead atoms. The number of carbonyl (C=O) groups excluding carboxylic acids is 2. The zero-order chi connectivity index (χ0) is 49.4. The molecule has 67 heavy (non-hydrogen) atoms. The number of phosphoric ester groups is 1. The molecule has 0 aromatic heterocycles. The Bertz CT molecular complexity index is 1250. The number of hydrogen-bond donors (Lipinski definition) is 2. The summed E-state index contributed by atoms with van der Waals surface area (Å²) in [6, 6.07) is -0.853. The summed E-state index contributed by atoms with van der Waals surface area (Å²) in [6.45, 7) is 6.99. The van der Waals surface area contributed by atoms with Crippen LogP contribution in [-0.4, -0.2) is 74.3 Å². The largest absolute Gasteiger partial charge is 0.472 e. The summed E-state index contributed by atoms with van der Waals surface area (Å²) < 4.78 is 30.5. The Morgan fingerprint density at radius 3 is 1.28 bits per heavy atom. The van der Waals surface area contributed by atoms with Gasteiger partial charge in [-0.05, 0) is 83.1 Å². The minimum absolute atomic E-state index is 0.0380. The summed E-state index contributed by atoms with van der Waals surface area (Å²) in [5.74, 6) is -0.524. The van der Waals surface area contributed by atoms with Crippen molar-refractivity contribution < 1.29 is 37.3 Å². The maximum absolute atomic E-state index is 13.4. The highest BCUT2D eigenvalue weighted by molar-refractivity contribution is 7.47. The van der Waals surface area contributed by atoms with Crippen molar-refractivity contribution >= 4 is 19.7 Å². The molecule has 0 spiro atoms. The molecule has 394 valence electrons. The van der Waals surface area contributed by atoms with Crippen molar-refractivity contribution in [2.75, 3.05) is 40.9 Å². The first-order valence-electron chi connectivity index (χ1n) is 28.3. The predicted octanol–water partition coefficient (Wildman–Crippen LogP) is 16.8. The SMILES string of the molecule is CCCCCCCC/C=C\CCCCCC(=O)NC(COP(=O)(O)OCC[N+](C)(C)C)C(/C=C/CCCCCCCCCCC)OC(=O)CCCCCCCCC/C=C/CCCCCCCC. The molecule has 3 unspecified atom stereocenters. The molecule has 0 aliphatic heterocycles. The quantitative estimate of drug-likeness (QED) is 0.0205. The number of amides is 1. The first-order valence-corrected chi connectivity index (χ1v) is 29.8. The fraction of sp³-hybridized carbons (Fsp3) is 0.860. The molecule has 0 aliphatic carbocycles. The van der Waals surface area contributed by atoms with Crippen LogP contribution in [0, 0.1) is 0 Å². The molecule has 3 atom stereocenters. The second-order valence-electron chi connectivity index (χ2n) is 20.5. The predicted molar refractivity (Wildman–Crippen MR) is 286 cm³/mol. The molecule has 0 aromatic carbocycles. The highest BCUT2D eigenvalue weighted by Crippen LogP contribution is 2.43. The zero-order valence-electron chi connectivity index (χ0n) is 44.9. The maximum Gasteiger partial charge on any atom is 0.472 e. The van der Waals surface area contributed by atoms with Crippen molar-refractivity contribution in [2.24, 2.45) is 0 Å². The van der Waals surface area contributed by atoms with Gasteiger partial charge in [0.1, 0.15) is 19.3 Å². The normalized spacial score (nSPS) is 14.1. The Hall–Kier alpha value is -1.77. The average molecular weight is 966 g/mol. The van der Waals surface area contributed by atoms with E-state index in [1.807, 2.05) is 33.3 Å². The number of hydrogen-bond acceptors (Lipinski definition) is 6. The molecule has 0 heterocycles. The van der Waals surface area contributed by atoms with Crippen molar-refractivity contribution in [1.29, 1.82) is 0 Å². The fourth-order valence-electron chi connectivity index (χ4n) is 8.11. The van der Waals surface area contributed by atoms with Gasteiger partial charge < -0.3 is 19.4 Å². The molecule has 1 amide bonds. The van der Waals surface area contributed by atoms with Gasteiger partial charge in [0.2, 0.25) is 5.91 Å². The number of nitrogens with one attached hydrogen (secondary N) is 1. The van der Waals surface area contributed by atoms with Gasteiger partial charge >= 0.3 is 13.8 Å². The minimum Gasteiger partial charge on any atom is -0.456 e. The summed E-state index contributed by atoms with van der Waals surface area (Å²) in [5, 5.41) is 3.03. The molecule has 0 saturated carbocycles. The molecule has 0 aliphatic rings. The maximum atomic E-state index is 13.4. The molecule has 0 aromatic rings. The smallest absolute Gasteiger partial charge is 0.456 e. The van der Waals surface area contributed by atoms with Gasteiger partial charge in [0.05, 0.1) is 33.8 Å². The summed E-state index contributed by atoms with van der Waals surface area (Å²) in [4.78, 5) is 37.5. The van der Waals surface area contributed by atoms with E-state index in [1.165, 1.54) is 161 Å². The van der Waals surface area contributed by atoms with E-state index >= 15 is 0 Å². The molecule has 2 N–H and O–H groups in total. The van der Waals surface area contributed by atoms with E-state index in [-0.39, 0.29) is 31.5 Å². The molecular formula is C57H110N2O7P+. The monoisotopic (exact) mass is 966 g/mol. The van der Waals surface area contributed by atoms with Crippen molar-refractivity contribution in [3.8, 4) is 0 Å². The van der Waals surface area contributed by atoms with Crippen LogP contribution in [0.4, 0.5) is 0 Å². The van der Waals surface area contributed by atoms with E-state index in [1.54, 1.807) is 0 Å². The lowest BCUT2D eigenvalue weighted by molar-refractivity contribution is -0.870. The molecule has 10 heteroatoms. The van der Waals surface area contributed by atoms with E-state index in [2.05, 4.69) is 50.4 Å². The van der Waals surface area contributed by atoms with E-state index in [0.717, 1.165) is 70.6 Å². The molecule has 0 radical (unpaired) electrons. The number of esters is 1. The number of quaternary nitrogens is 1. The Labute approximate surface area is 415 Å². The van der Waals surface area contributed by atoms with Crippen LogP contribution in [0.25, 0.3) is 0 Å². The van der Waals surface area contributed by atoms with Crippen LogP contribution in [-0.2, 0) is 27.9 Å². The number of phosphoric acid groups is 1. The lowest BCUT2D eigenvalue weighted by Gasteiger charge is -2.27. The van der Waals surface area contributed by atoms with Crippen molar-refractivity contribution in [2.45, 2.75) is 277 Å². The first kappa shape index (κ1) is 65.2. The van der Waals surface area contributed by atoms with E-state index in [9.17, 15) is 19.0 Å². The Morgan fingerprint density at radius 1 is 0.507 bits per heavy atom. The number of ether oxygens (including phenoxy) is 1. The standard InChI is InChI=1S/C57H109N2O7P/c1-7-10-13-16-19-22-25-27-28-29-30-32-35-38-41-44-47-50-57(61)66-55(48-45-42-39-36-33-24-21-18-15-12-9-3)54(53-65-67(62,63)64-52-51-59(4,5)6)58-56(60)49-46-43-40-37-34-31-26-23-20-17-14-11-8-2/h27-28,31,34,45,48,54-55H,7-26,29-30,32-33,35-44,46-47,49-53H2,1-6H3,(H-,58,60,62,63)/p+1/b28-27+,34-31-,48-45+. The third kappa shape index (κ3) is 49.0. The summed E-state index contributed by atoms with van der Waals surface area (Å²) in [7, 11) is 1.49. The van der Waals surface area contributed by atoms with Crippen LogP contribution in [0.3, 0.4) is 0 Å².